The molecule has 1 saturated carbocycles. The third-order valence-corrected chi connectivity index (χ3v) is 5.26. The molecule has 2 aliphatic heterocycles. The first-order valence-corrected chi connectivity index (χ1v) is 8.54. The predicted molar refractivity (Wildman–Crippen MR) is 87.4 cm³/mol. The van der Waals surface area contributed by atoms with E-state index in [4.69, 9.17) is 4.74 Å². The lowest BCUT2D eigenvalue weighted by atomic mass is 10.0. The van der Waals surface area contributed by atoms with Gasteiger partial charge in [-0.3, -0.25) is 29.4 Å². The molecule has 1 aromatic carbocycles. The summed E-state index contributed by atoms with van der Waals surface area (Å²) in [6.07, 6.45) is 1.90. The van der Waals surface area contributed by atoms with Crippen LogP contribution >= 0.6 is 0 Å². The normalized spacial score (nSPS) is 23.7. The largest absolute Gasteiger partial charge is 0.492 e. The lowest BCUT2D eigenvalue weighted by Crippen LogP contribution is -2.54. The highest BCUT2D eigenvalue weighted by atomic mass is 16.5. The molecule has 1 aromatic rings. The molecule has 0 bridgehead atoms. The van der Waals surface area contributed by atoms with Crippen LogP contribution in [0.25, 0.3) is 0 Å². The number of aliphatic hydroxyl groups is 1. The van der Waals surface area contributed by atoms with Crippen molar-refractivity contribution in [3.05, 3.63) is 29.3 Å². The highest BCUT2D eigenvalue weighted by Gasteiger charge is 2.47. The maximum absolute atomic E-state index is 12.9. The second kappa shape index (κ2) is 5.91. The van der Waals surface area contributed by atoms with Gasteiger partial charge in [-0.05, 0) is 31.4 Å². The van der Waals surface area contributed by atoms with E-state index in [1.54, 1.807) is 12.1 Å². The zero-order valence-electron chi connectivity index (χ0n) is 14.0. The number of carbonyl (C=O) groups excluding carboxylic acids is 4. The van der Waals surface area contributed by atoms with Gasteiger partial charge in [-0.2, -0.15) is 0 Å². The SMILES string of the molecule is O=C1CCC(N2C(=O)c3cccc(OCC4(CO)CC4)c3C2=O)C(=O)N1. The van der Waals surface area contributed by atoms with Crippen LogP contribution in [0.1, 0.15) is 46.4 Å². The summed E-state index contributed by atoms with van der Waals surface area (Å²) in [4.78, 5) is 49.9. The van der Waals surface area contributed by atoms with Crippen LogP contribution in [0.15, 0.2) is 18.2 Å². The molecule has 3 aliphatic rings. The van der Waals surface area contributed by atoms with Crippen LogP contribution in [0.5, 0.6) is 5.75 Å². The van der Waals surface area contributed by atoms with Gasteiger partial charge in [-0.25, -0.2) is 0 Å². The Balaban J connectivity index is 1.61. The zero-order chi connectivity index (χ0) is 18.5. The molecule has 1 saturated heterocycles. The van der Waals surface area contributed by atoms with Crippen molar-refractivity contribution in [2.24, 2.45) is 5.41 Å². The topological polar surface area (TPSA) is 113 Å². The minimum Gasteiger partial charge on any atom is -0.492 e. The number of piperidine rings is 1. The Morgan fingerprint density at radius 1 is 1.19 bits per heavy atom. The number of carbonyl (C=O) groups is 4. The maximum atomic E-state index is 12.9. The Labute approximate surface area is 149 Å². The summed E-state index contributed by atoms with van der Waals surface area (Å²) >= 11 is 0. The number of hydrogen-bond acceptors (Lipinski definition) is 6. The minimum atomic E-state index is -1.000. The molecule has 1 unspecified atom stereocenters. The van der Waals surface area contributed by atoms with Gasteiger partial charge in [0, 0.05) is 11.8 Å². The quantitative estimate of drug-likeness (QED) is 0.729. The smallest absolute Gasteiger partial charge is 0.266 e. The second-order valence-corrected chi connectivity index (χ2v) is 7.07. The van der Waals surface area contributed by atoms with Crippen LogP contribution in [0.4, 0.5) is 0 Å². The minimum absolute atomic E-state index is 0.0112. The fraction of sp³-hybridized carbons (Fsp3) is 0.444. The Morgan fingerprint density at radius 3 is 2.62 bits per heavy atom. The standard InChI is InChI=1S/C18H18N2O6/c21-8-18(6-7-18)9-26-12-3-1-2-10-14(12)17(25)20(16(10)24)11-4-5-13(22)19-15(11)23/h1-3,11,21H,4-9H2,(H,19,22,23). The number of aliphatic hydroxyl groups excluding tert-OH is 1. The van der Waals surface area contributed by atoms with E-state index in [1.807, 2.05) is 0 Å². The summed E-state index contributed by atoms with van der Waals surface area (Å²) < 4.78 is 5.75. The molecule has 136 valence electrons. The van der Waals surface area contributed by atoms with E-state index in [-0.39, 0.29) is 48.3 Å². The number of nitrogens with zero attached hydrogens (tertiary/aromatic N) is 1. The molecule has 4 rings (SSSR count). The number of benzene rings is 1. The average Bonchev–Trinajstić information content (AvgIpc) is 3.37. The van der Waals surface area contributed by atoms with Crippen LogP contribution in [0.2, 0.25) is 0 Å². The zero-order valence-corrected chi connectivity index (χ0v) is 14.0. The molecule has 1 aliphatic carbocycles. The van der Waals surface area contributed by atoms with Gasteiger partial charge in [-0.15, -0.1) is 0 Å². The van der Waals surface area contributed by atoms with Crippen molar-refractivity contribution in [3.63, 3.8) is 0 Å². The molecule has 8 nitrogen and oxygen atoms in total. The number of imide groups is 2. The van der Waals surface area contributed by atoms with Crippen molar-refractivity contribution >= 4 is 23.6 Å². The molecule has 26 heavy (non-hydrogen) atoms. The number of rotatable bonds is 5. The van der Waals surface area contributed by atoms with E-state index in [0.29, 0.717) is 0 Å². The fourth-order valence-electron chi connectivity index (χ4n) is 3.36. The van der Waals surface area contributed by atoms with Crippen molar-refractivity contribution in [2.75, 3.05) is 13.2 Å². The summed E-state index contributed by atoms with van der Waals surface area (Å²) in [5, 5.41) is 11.6. The van der Waals surface area contributed by atoms with E-state index in [1.165, 1.54) is 6.07 Å². The molecule has 8 heteroatoms. The van der Waals surface area contributed by atoms with Crippen LogP contribution in [0.3, 0.4) is 0 Å². The molecule has 0 aromatic heterocycles. The number of nitrogens with one attached hydrogen (secondary N) is 1. The summed E-state index contributed by atoms with van der Waals surface area (Å²) in [5.41, 5.74) is 0.0551. The van der Waals surface area contributed by atoms with Crippen molar-refractivity contribution in [1.82, 2.24) is 10.2 Å². The average molecular weight is 358 g/mol. The van der Waals surface area contributed by atoms with Crippen molar-refractivity contribution in [2.45, 2.75) is 31.7 Å². The molecule has 2 heterocycles. The number of hydrogen-bond donors (Lipinski definition) is 2. The molecule has 1 atom stereocenters. The van der Waals surface area contributed by atoms with Crippen LogP contribution in [-0.2, 0) is 9.59 Å². The summed E-state index contributed by atoms with van der Waals surface area (Å²) in [6, 6.07) is 3.74. The third kappa shape index (κ3) is 2.57. The molecule has 2 fully saturated rings. The fourth-order valence-corrected chi connectivity index (χ4v) is 3.36. The monoisotopic (exact) mass is 358 g/mol. The lowest BCUT2D eigenvalue weighted by Gasteiger charge is -2.27. The first-order valence-electron chi connectivity index (χ1n) is 8.54. The molecule has 0 spiro atoms. The molecular weight excluding hydrogens is 340 g/mol. The Hall–Kier alpha value is -2.74. The first-order chi connectivity index (χ1) is 12.5. The second-order valence-electron chi connectivity index (χ2n) is 7.07. The molecule has 4 amide bonds. The first kappa shape index (κ1) is 16.7. The van der Waals surface area contributed by atoms with Gasteiger partial charge in [0.1, 0.15) is 11.8 Å². The summed E-state index contributed by atoms with van der Waals surface area (Å²) in [5.74, 6) is -1.94. The molecule has 0 radical (unpaired) electrons. The summed E-state index contributed by atoms with van der Waals surface area (Å²) in [7, 11) is 0. The van der Waals surface area contributed by atoms with Gasteiger partial charge >= 0.3 is 0 Å². The van der Waals surface area contributed by atoms with Crippen LogP contribution in [0, 0.1) is 5.41 Å². The Kier molecular flexibility index (Phi) is 3.80. The van der Waals surface area contributed by atoms with Crippen LogP contribution in [-0.4, -0.2) is 52.9 Å². The van der Waals surface area contributed by atoms with Crippen molar-refractivity contribution in [1.29, 1.82) is 0 Å². The van der Waals surface area contributed by atoms with E-state index in [9.17, 15) is 24.3 Å². The van der Waals surface area contributed by atoms with Crippen LogP contribution < -0.4 is 10.1 Å². The number of ether oxygens (including phenoxy) is 1. The number of fused-ring (bicyclic) bond motifs is 1. The van der Waals surface area contributed by atoms with Gasteiger partial charge in [-0.1, -0.05) is 6.07 Å². The van der Waals surface area contributed by atoms with Gasteiger partial charge < -0.3 is 9.84 Å². The predicted octanol–water partition coefficient (Wildman–Crippen LogP) is 0.239. The van der Waals surface area contributed by atoms with Crippen molar-refractivity contribution < 1.29 is 29.0 Å². The van der Waals surface area contributed by atoms with E-state index >= 15 is 0 Å². The number of amides is 4. The van der Waals surface area contributed by atoms with Gasteiger partial charge in [0.15, 0.2) is 0 Å². The third-order valence-electron chi connectivity index (χ3n) is 5.26. The van der Waals surface area contributed by atoms with Gasteiger partial charge in [0.05, 0.1) is 24.3 Å². The van der Waals surface area contributed by atoms with Gasteiger partial charge in [0.25, 0.3) is 11.8 Å². The molecular formula is C18H18N2O6. The maximum Gasteiger partial charge on any atom is 0.266 e. The Morgan fingerprint density at radius 2 is 1.96 bits per heavy atom. The Bertz CT molecular complexity index is 829. The van der Waals surface area contributed by atoms with E-state index < -0.39 is 29.7 Å². The summed E-state index contributed by atoms with van der Waals surface area (Å²) in [6.45, 7) is 0.275. The lowest BCUT2D eigenvalue weighted by molar-refractivity contribution is -0.136. The van der Waals surface area contributed by atoms with Gasteiger partial charge in [0.2, 0.25) is 11.8 Å². The van der Waals surface area contributed by atoms with Crippen molar-refractivity contribution in [3.8, 4) is 5.75 Å². The molecule has 2 N–H and O–H groups in total. The van der Waals surface area contributed by atoms with E-state index in [2.05, 4.69) is 5.32 Å². The highest BCUT2D eigenvalue weighted by molar-refractivity contribution is 6.24. The highest BCUT2D eigenvalue weighted by Crippen LogP contribution is 2.45. The van der Waals surface area contributed by atoms with E-state index in [0.717, 1.165) is 17.7 Å².